The molecule has 0 spiro atoms. The number of likely N-dealkylation sites (tertiary alicyclic amines) is 2. The Labute approximate surface area is 167 Å². The van der Waals surface area contributed by atoms with Gasteiger partial charge in [0.25, 0.3) is 0 Å². The summed E-state index contributed by atoms with van der Waals surface area (Å²) in [5.74, 6) is 1.22. The van der Waals surface area contributed by atoms with Crippen LogP contribution in [0.3, 0.4) is 0 Å². The first-order chi connectivity index (χ1) is 13.5. The first-order valence-electron chi connectivity index (χ1n) is 10.3. The molecule has 8 nitrogen and oxygen atoms in total. The molecule has 2 aliphatic rings. The molecule has 8 heteroatoms. The third-order valence-corrected chi connectivity index (χ3v) is 6.47. The third-order valence-electron chi connectivity index (χ3n) is 6.47. The summed E-state index contributed by atoms with van der Waals surface area (Å²) in [5.41, 5.74) is 1.28. The SMILES string of the molecule is CC[C@@H]1CN(C(=O)Nc2c(C)noc2C)[C@H](CO)[C@@H]1CN1CCC[C@@H]1COC. The van der Waals surface area contributed by atoms with Crippen LogP contribution in [0.1, 0.15) is 37.6 Å². The molecule has 158 valence electrons. The number of hydrogen-bond acceptors (Lipinski definition) is 6. The molecule has 2 amide bonds. The summed E-state index contributed by atoms with van der Waals surface area (Å²) in [6.07, 6.45) is 3.31. The van der Waals surface area contributed by atoms with Crippen molar-refractivity contribution in [2.24, 2.45) is 11.8 Å². The Balaban J connectivity index is 1.72. The summed E-state index contributed by atoms with van der Waals surface area (Å²) in [5, 5.41) is 17.0. The van der Waals surface area contributed by atoms with E-state index in [9.17, 15) is 9.90 Å². The van der Waals surface area contributed by atoms with Crippen LogP contribution in [0.25, 0.3) is 0 Å². The number of nitrogens with zero attached hydrogens (tertiary/aromatic N) is 3. The van der Waals surface area contributed by atoms with Gasteiger partial charge in [-0.2, -0.15) is 0 Å². The zero-order chi connectivity index (χ0) is 20.3. The van der Waals surface area contributed by atoms with Crippen molar-refractivity contribution >= 4 is 11.7 Å². The molecule has 2 fully saturated rings. The molecule has 2 N–H and O–H groups in total. The van der Waals surface area contributed by atoms with Gasteiger partial charge in [0, 0.05) is 26.2 Å². The van der Waals surface area contributed by atoms with Crippen LogP contribution >= 0.6 is 0 Å². The fourth-order valence-electron chi connectivity index (χ4n) is 4.87. The lowest BCUT2D eigenvalue weighted by Crippen LogP contribution is -2.46. The van der Waals surface area contributed by atoms with E-state index in [-0.39, 0.29) is 24.6 Å². The summed E-state index contributed by atoms with van der Waals surface area (Å²) >= 11 is 0. The Morgan fingerprint density at radius 2 is 2.21 bits per heavy atom. The molecule has 0 bridgehead atoms. The molecule has 0 unspecified atom stereocenters. The number of rotatable bonds is 7. The second-order valence-corrected chi connectivity index (χ2v) is 8.11. The molecule has 1 aromatic heterocycles. The third kappa shape index (κ3) is 4.18. The summed E-state index contributed by atoms with van der Waals surface area (Å²) in [7, 11) is 1.75. The lowest BCUT2D eigenvalue weighted by Gasteiger charge is -2.32. The Hall–Kier alpha value is -1.64. The van der Waals surface area contributed by atoms with Gasteiger partial charge in [0.2, 0.25) is 0 Å². The van der Waals surface area contributed by atoms with Gasteiger partial charge >= 0.3 is 6.03 Å². The van der Waals surface area contributed by atoms with Gasteiger partial charge in [-0.25, -0.2) is 4.79 Å². The number of aliphatic hydroxyl groups is 1. The lowest BCUT2D eigenvalue weighted by atomic mass is 9.88. The Bertz CT molecular complexity index is 645. The zero-order valence-electron chi connectivity index (χ0n) is 17.5. The number of methoxy groups -OCH3 is 1. The van der Waals surface area contributed by atoms with Crippen molar-refractivity contribution in [3.05, 3.63) is 11.5 Å². The van der Waals surface area contributed by atoms with Crippen LogP contribution < -0.4 is 5.32 Å². The monoisotopic (exact) mass is 394 g/mol. The van der Waals surface area contributed by atoms with Crippen molar-refractivity contribution in [3.8, 4) is 0 Å². The largest absolute Gasteiger partial charge is 0.394 e. The number of ether oxygens (including phenoxy) is 1. The van der Waals surface area contributed by atoms with Crippen LogP contribution in [-0.4, -0.2) is 78.1 Å². The van der Waals surface area contributed by atoms with Crippen LogP contribution in [0.2, 0.25) is 0 Å². The second kappa shape index (κ2) is 9.24. The fourth-order valence-corrected chi connectivity index (χ4v) is 4.87. The van der Waals surface area contributed by atoms with E-state index in [4.69, 9.17) is 9.26 Å². The quantitative estimate of drug-likeness (QED) is 0.737. The molecule has 0 saturated carbocycles. The van der Waals surface area contributed by atoms with Crippen molar-refractivity contribution < 1.29 is 19.2 Å². The topological polar surface area (TPSA) is 91.1 Å². The fraction of sp³-hybridized carbons (Fsp3) is 0.800. The van der Waals surface area contributed by atoms with Crippen LogP contribution in [0, 0.1) is 25.7 Å². The molecule has 28 heavy (non-hydrogen) atoms. The molecule has 3 heterocycles. The van der Waals surface area contributed by atoms with E-state index in [1.807, 2.05) is 0 Å². The van der Waals surface area contributed by atoms with Crippen LogP contribution in [0.15, 0.2) is 4.52 Å². The van der Waals surface area contributed by atoms with Gasteiger partial charge in [-0.1, -0.05) is 18.5 Å². The number of amides is 2. The second-order valence-electron chi connectivity index (χ2n) is 8.11. The molecule has 1 aromatic rings. The van der Waals surface area contributed by atoms with E-state index in [0.717, 1.165) is 32.5 Å². The van der Waals surface area contributed by atoms with E-state index in [1.54, 1.807) is 25.9 Å². The molecule has 4 atom stereocenters. The van der Waals surface area contributed by atoms with E-state index in [2.05, 4.69) is 22.3 Å². The molecule has 3 rings (SSSR count). The van der Waals surface area contributed by atoms with Gasteiger partial charge in [-0.3, -0.25) is 4.90 Å². The summed E-state index contributed by atoms with van der Waals surface area (Å²) < 4.78 is 10.5. The number of anilines is 1. The predicted octanol–water partition coefficient (Wildman–Crippen LogP) is 2.25. The van der Waals surface area contributed by atoms with Crippen LogP contribution in [-0.2, 0) is 4.74 Å². The van der Waals surface area contributed by atoms with E-state index in [0.29, 0.717) is 35.6 Å². The normalized spacial score (nSPS) is 28.2. The van der Waals surface area contributed by atoms with E-state index < -0.39 is 0 Å². The maximum atomic E-state index is 13.0. The smallest absolute Gasteiger partial charge is 0.322 e. The molecule has 2 aliphatic heterocycles. The van der Waals surface area contributed by atoms with Crippen molar-refractivity contribution in [2.45, 2.75) is 52.1 Å². The minimum atomic E-state index is -0.190. The van der Waals surface area contributed by atoms with Gasteiger partial charge in [0.05, 0.1) is 19.3 Å². The van der Waals surface area contributed by atoms with E-state index >= 15 is 0 Å². The number of urea groups is 1. The predicted molar refractivity (Wildman–Crippen MR) is 106 cm³/mol. The molecule has 2 saturated heterocycles. The van der Waals surface area contributed by atoms with Gasteiger partial charge in [-0.15, -0.1) is 0 Å². The average molecular weight is 395 g/mol. The minimum Gasteiger partial charge on any atom is -0.394 e. The maximum Gasteiger partial charge on any atom is 0.322 e. The van der Waals surface area contributed by atoms with Crippen molar-refractivity contribution in [3.63, 3.8) is 0 Å². The molecule has 0 radical (unpaired) electrons. The van der Waals surface area contributed by atoms with Crippen LogP contribution in [0.5, 0.6) is 0 Å². The van der Waals surface area contributed by atoms with Crippen molar-refractivity contribution in [1.29, 1.82) is 0 Å². The maximum absolute atomic E-state index is 13.0. The van der Waals surface area contributed by atoms with Crippen molar-refractivity contribution in [1.82, 2.24) is 15.0 Å². The number of carbonyl (C=O) groups is 1. The van der Waals surface area contributed by atoms with Crippen LogP contribution in [0.4, 0.5) is 10.5 Å². The summed E-state index contributed by atoms with van der Waals surface area (Å²) in [6, 6.07) is 0.0607. The van der Waals surface area contributed by atoms with Gasteiger partial charge in [0.15, 0.2) is 5.76 Å². The van der Waals surface area contributed by atoms with Crippen molar-refractivity contribution in [2.75, 3.05) is 45.3 Å². The number of aliphatic hydroxyl groups excluding tert-OH is 1. The molecule has 0 aromatic carbocycles. The van der Waals surface area contributed by atoms with Gasteiger partial charge in [0.1, 0.15) is 11.4 Å². The number of hydrogen-bond donors (Lipinski definition) is 2. The highest BCUT2D eigenvalue weighted by Gasteiger charge is 2.44. The highest BCUT2D eigenvalue weighted by Crippen LogP contribution is 2.35. The number of aryl methyl sites for hydroxylation is 2. The number of carbonyl (C=O) groups excluding carboxylic acids is 1. The number of nitrogens with one attached hydrogen (secondary N) is 1. The molecule has 0 aliphatic carbocycles. The Morgan fingerprint density at radius 1 is 1.43 bits per heavy atom. The average Bonchev–Trinajstić information content (AvgIpc) is 3.36. The standard InChI is InChI=1S/C20H34N4O4/c1-5-15-9-24(20(26)21-19-13(2)22-28-14(19)3)18(11-25)17(15)10-23-8-6-7-16(23)12-27-4/h15-18,25H,5-12H2,1-4H3,(H,21,26)/t15-,16-,17-,18-/m1/s1. The minimum absolute atomic E-state index is 0.0288. The molecular weight excluding hydrogens is 360 g/mol. The lowest BCUT2D eigenvalue weighted by molar-refractivity contribution is 0.0839. The zero-order valence-corrected chi connectivity index (χ0v) is 17.5. The van der Waals surface area contributed by atoms with E-state index in [1.165, 1.54) is 6.42 Å². The first kappa shape index (κ1) is 21.1. The van der Waals surface area contributed by atoms with Gasteiger partial charge in [-0.05, 0) is 45.1 Å². The summed E-state index contributed by atoms with van der Waals surface area (Å²) in [4.78, 5) is 17.3. The Kier molecular flexibility index (Phi) is 6.95. The number of aromatic nitrogens is 1. The molecular formula is C20H34N4O4. The van der Waals surface area contributed by atoms with Gasteiger partial charge < -0.3 is 24.6 Å². The highest BCUT2D eigenvalue weighted by molar-refractivity contribution is 5.90. The highest BCUT2D eigenvalue weighted by atomic mass is 16.5. The summed E-state index contributed by atoms with van der Waals surface area (Å²) in [6.45, 7) is 9.08. The Morgan fingerprint density at radius 3 is 2.82 bits per heavy atom. The first-order valence-corrected chi connectivity index (χ1v) is 10.3.